The summed E-state index contributed by atoms with van der Waals surface area (Å²) in [6.45, 7) is 3.92. The van der Waals surface area contributed by atoms with Crippen LogP contribution in [0.25, 0.3) is 0 Å². The van der Waals surface area contributed by atoms with Crippen LogP contribution in [0.4, 0.5) is 0 Å². The van der Waals surface area contributed by atoms with Crippen LogP contribution >= 0.6 is 11.3 Å². The molecular weight excluding hydrogens is 232 g/mol. The highest BCUT2D eigenvalue weighted by atomic mass is 32.1. The van der Waals surface area contributed by atoms with Gasteiger partial charge in [0.05, 0.1) is 0 Å². The Morgan fingerprint density at radius 3 is 3.29 bits per heavy atom. The lowest BCUT2D eigenvalue weighted by Gasteiger charge is -2.14. The van der Waals surface area contributed by atoms with Gasteiger partial charge in [0, 0.05) is 30.4 Å². The summed E-state index contributed by atoms with van der Waals surface area (Å²) < 4.78 is 0. The van der Waals surface area contributed by atoms with E-state index in [1.165, 1.54) is 10.4 Å². The number of amides is 1. The second-order valence-corrected chi connectivity index (χ2v) is 5.50. The van der Waals surface area contributed by atoms with Crippen LogP contribution in [0.15, 0.2) is 11.4 Å². The zero-order valence-corrected chi connectivity index (χ0v) is 11.1. The highest BCUT2D eigenvalue weighted by molar-refractivity contribution is 7.10. The Hall–Kier alpha value is -0.870. The summed E-state index contributed by atoms with van der Waals surface area (Å²) in [6.07, 6.45) is 3.87. The molecule has 0 aliphatic carbocycles. The van der Waals surface area contributed by atoms with Gasteiger partial charge in [0.15, 0.2) is 0 Å². The van der Waals surface area contributed by atoms with Crippen molar-refractivity contribution in [3.05, 3.63) is 21.9 Å². The maximum absolute atomic E-state index is 11.4. The van der Waals surface area contributed by atoms with Crippen LogP contribution in [0.3, 0.4) is 0 Å². The van der Waals surface area contributed by atoms with Crippen LogP contribution in [-0.4, -0.2) is 18.5 Å². The molecule has 2 rings (SSSR count). The first-order valence-corrected chi connectivity index (χ1v) is 7.23. The second-order valence-electron chi connectivity index (χ2n) is 4.50. The van der Waals surface area contributed by atoms with Gasteiger partial charge in [-0.3, -0.25) is 4.79 Å². The first-order valence-electron chi connectivity index (χ1n) is 6.35. The van der Waals surface area contributed by atoms with Gasteiger partial charge in [-0.15, -0.1) is 11.3 Å². The van der Waals surface area contributed by atoms with Gasteiger partial charge in [-0.05, 0) is 36.3 Å². The van der Waals surface area contributed by atoms with E-state index in [1.807, 2.05) is 0 Å². The van der Waals surface area contributed by atoms with E-state index in [4.69, 9.17) is 0 Å². The summed E-state index contributed by atoms with van der Waals surface area (Å²) in [6, 6.07) is 2.53. The molecule has 1 aliphatic rings. The lowest BCUT2D eigenvalue weighted by Crippen LogP contribution is -2.32. The van der Waals surface area contributed by atoms with Crippen LogP contribution < -0.4 is 10.6 Å². The molecule has 2 heterocycles. The van der Waals surface area contributed by atoms with E-state index in [0.29, 0.717) is 12.5 Å². The second kappa shape index (κ2) is 6.17. The van der Waals surface area contributed by atoms with E-state index < -0.39 is 0 Å². The quantitative estimate of drug-likeness (QED) is 0.861. The minimum absolute atomic E-state index is 0.182. The summed E-state index contributed by atoms with van der Waals surface area (Å²) >= 11 is 1.81. The van der Waals surface area contributed by atoms with E-state index in [1.54, 1.807) is 11.3 Å². The molecule has 1 aromatic heterocycles. The van der Waals surface area contributed by atoms with E-state index in [-0.39, 0.29) is 5.91 Å². The SMILES string of the molecule is CCc1ccsc1CNC1CCCNC(=O)C1. The third-order valence-corrected chi connectivity index (χ3v) is 4.22. The van der Waals surface area contributed by atoms with Gasteiger partial charge in [-0.25, -0.2) is 0 Å². The van der Waals surface area contributed by atoms with Crippen molar-refractivity contribution in [1.82, 2.24) is 10.6 Å². The maximum atomic E-state index is 11.4. The fourth-order valence-electron chi connectivity index (χ4n) is 2.22. The number of hydrogen-bond acceptors (Lipinski definition) is 3. The number of rotatable bonds is 4. The highest BCUT2D eigenvalue weighted by Gasteiger charge is 2.17. The van der Waals surface area contributed by atoms with Crippen molar-refractivity contribution < 1.29 is 4.79 Å². The van der Waals surface area contributed by atoms with Gasteiger partial charge in [0.1, 0.15) is 0 Å². The predicted molar refractivity (Wildman–Crippen MR) is 71.2 cm³/mol. The number of thiophene rings is 1. The van der Waals surface area contributed by atoms with Gasteiger partial charge in [-0.2, -0.15) is 0 Å². The minimum atomic E-state index is 0.182. The van der Waals surface area contributed by atoms with Crippen molar-refractivity contribution in [2.75, 3.05) is 6.54 Å². The molecule has 2 N–H and O–H groups in total. The molecule has 0 saturated carbocycles. The number of nitrogens with one attached hydrogen (secondary N) is 2. The lowest BCUT2D eigenvalue weighted by atomic mass is 10.1. The van der Waals surface area contributed by atoms with Crippen LogP contribution in [-0.2, 0) is 17.8 Å². The maximum Gasteiger partial charge on any atom is 0.221 e. The first kappa shape index (κ1) is 12.6. The number of aryl methyl sites for hydroxylation is 1. The predicted octanol–water partition coefficient (Wildman–Crippen LogP) is 2.07. The molecule has 4 heteroatoms. The monoisotopic (exact) mass is 252 g/mol. The van der Waals surface area contributed by atoms with Crippen molar-refractivity contribution in [2.24, 2.45) is 0 Å². The minimum Gasteiger partial charge on any atom is -0.356 e. The summed E-state index contributed by atoms with van der Waals surface area (Å²) in [4.78, 5) is 12.8. The molecule has 1 fully saturated rings. The average molecular weight is 252 g/mol. The van der Waals surface area contributed by atoms with Gasteiger partial charge < -0.3 is 10.6 Å². The summed E-state index contributed by atoms with van der Waals surface area (Å²) in [5.74, 6) is 0.182. The fraction of sp³-hybridized carbons (Fsp3) is 0.615. The average Bonchev–Trinajstić information content (AvgIpc) is 2.68. The number of carbonyl (C=O) groups is 1. The van der Waals surface area contributed by atoms with Crippen molar-refractivity contribution in [1.29, 1.82) is 0 Å². The van der Waals surface area contributed by atoms with Crippen LogP contribution in [0, 0.1) is 0 Å². The molecule has 3 nitrogen and oxygen atoms in total. The van der Waals surface area contributed by atoms with Crippen molar-refractivity contribution in [3.63, 3.8) is 0 Å². The molecule has 1 aromatic rings. The number of hydrogen-bond donors (Lipinski definition) is 2. The number of carbonyl (C=O) groups excluding carboxylic acids is 1. The van der Waals surface area contributed by atoms with E-state index in [9.17, 15) is 4.79 Å². The molecule has 0 bridgehead atoms. The third kappa shape index (κ3) is 3.54. The van der Waals surface area contributed by atoms with Crippen molar-refractivity contribution in [3.8, 4) is 0 Å². The van der Waals surface area contributed by atoms with E-state index in [0.717, 1.165) is 32.4 Å². The molecule has 1 saturated heterocycles. The van der Waals surface area contributed by atoms with Gasteiger partial charge in [0.2, 0.25) is 5.91 Å². The summed E-state index contributed by atoms with van der Waals surface area (Å²) in [7, 11) is 0. The Kier molecular flexibility index (Phi) is 4.57. The Labute approximate surface area is 107 Å². The molecule has 94 valence electrons. The van der Waals surface area contributed by atoms with Gasteiger partial charge >= 0.3 is 0 Å². The van der Waals surface area contributed by atoms with Crippen molar-refractivity contribution >= 4 is 17.2 Å². The Bertz CT molecular complexity index is 375. The summed E-state index contributed by atoms with van der Waals surface area (Å²) in [5.41, 5.74) is 1.43. The topological polar surface area (TPSA) is 41.1 Å². The molecule has 1 amide bonds. The molecular formula is C13H20N2OS. The highest BCUT2D eigenvalue weighted by Crippen LogP contribution is 2.18. The van der Waals surface area contributed by atoms with Crippen LogP contribution in [0.1, 0.15) is 36.6 Å². The lowest BCUT2D eigenvalue weighted by molar-refractivity contribution is -0.121. The molecule has 1 aliphatic heterocycles. The summed E-state index contributed by atoms with van der Waals surface area (Å²) in [5, 5.41) is 8.58. The van der Waals surface area contributed by atoms with E-state index in [2.05, 4.69) is 29.0 Å². The molecule has 1 unspecified atom stereocenters. The normalized spacial score (nSPS) is 21.0. The third-order valence-electron chi connectivity index (χ3n) is 3.25. The van der Waals surface area contributed by atoms with Crippen LogP contribution in [0.5, 0.6) is 0 Å². The van der Waals surface area contributed by atoms with Gasteiger partial charge in [0.25, 0.3) is 0 Å². The largest absolute Gasteiger partial charge is 0.356 e. The zero-order valence-electron chi connectivity index (χ0n) is 10.3. The Balaban J connectivity index is 1.86. The van der Waals surface area contributed by atoms with Gasteiger partial charge in [-0.1, -0.05) is 6.92 Å². The fourth-order valence-corrected chi connectivity index (χ4v) is 3.15. The molecule has 0 radical (unpaired) electrons. The first-order chi connectivity index (χ1) is 8.29. The molecule has 1 atom stereocenters. The van der Waals surface area contributed by atoms with E-state index >= 15 is 0 Å². The molecule has 0 spiro atoms. The van der Waals surface area contributed by atoms with Crippen molar-refractivity contribution in [2.45, 2.75) is 45.2 Å². The Morgan fingerprint density at radius 1 is 1.59 bits per heavy atom. The molecule has 0 aromatic carbocycles. The smallest absolute Gasteiger partial charge is 0.221 e. The van der Waals surface area contributed by atoms with Crippen LogP contribution in [0.2, 0.25) is 0 Å². The molecule has 17 heavy (non-hydrogen) atoms. The zero-order chi connectivity index (χ0) is 12.1. The Morgan fingerprint density at radius 2 is 2.47 bits per heavy atom. The standard InChI is InChI=1S/C13H20N2OS/c1-2-10-5-7-17-12(10)9-15-11-4-3-6-14-13(16)8-11/h5,7,11,15H,2-4,6,8-9H2,1H3,(H,14,16).